The molecule has 0 spiro atoms. The van der Waals surface area contributed by atoms with Crippen molar-refractivity contribution in [3.63, 3.8) is 0 Å². The largest absolute Gasteiger partial charge is 0.356 e. The fraction of sp³-hybridized carbons (Fsp3) is 0.489. The average Bonchev–Trinajstić information content (AvgIpc) is 3.97. The number of benzene rings is 4. The van der Waals surface area contributed by atoms with Crippen LogP contribution in [-0.4, -0.2) is 26.4 Å². The lowest BCUT2D eigenvalue weighted by Gasteiger charge is -2.33. The molecule has 53 heavy (non-hydrogen) atoms. The molecule has 0 unspecified atom stereocenters. The molecule has 0 atom stereocenters. The van der Waals surface area contributed by atoms with Gasteiger partial charge in [0.15, 0.2) is 12.6 Å². The molecule has 2 N–H and O–H groups in total. The minimum Gasteiger partial charge on any atom is -0.356 e. The Balaban J connectivity index is 1.21. The van der Waals surface area contributed by atoms with Gasteiger partial charge in [-0.15, -0.1) is 0 Å². The van der Waals surface area contributed by atoms with Gasteiger partial charge >= 0.3 is 0 Å². The zero-order valence-corrected chi connectivity index (χ0v) is 32.1. The molecular formula is C47H60N2O4. The lowest BCUT2D eigenvalue weighted by Crippen LogP contribution is -2.26. The Labute approximate surface area is 318 Å². The minimum absolute atomic E-state index is 0.0453. The Kier molecular flexibility index (Phi) is 13.2. The highest BCUT2D eigenvalue weighted by Gasteiger charge is 2.42. The van der Waals surface area contributed by atoms with Gasteiger partial charge in [0.05, 0.1) is 26.4 Å². The molecule has 7 rings (SSSR count). The van der Waals surface area contributed by atoms with E-state index in [2.05, 4.69) is 109 Å². The van der Waals surface area contributed by atoms with Crippen LogP contribution in [0, 0.1) is 0 Å². The van der Waals surface area contributed by atoms with Crippen molar-refractivity contribution in [3.05, 3.63) is 107 Å². The molecule has 4 aromatic rings. The van der Waals surface area contributed by atoms with Crippen LogP contribution in [-0.2, 0) is 24.4 Å². The van der Waals surface area contributed by atoms with Crippen LogP contribution in [0.4, 0.5) is 22.7 Å². The summed E-state index contributed by atoms with van der Waals surface area (Å²) in [5.41, 5.74) is 12.1. The Hall–Kier alpha value is -3.68. The van der Waals surface area contributed by atoms with Gasteiger partial charge in [-0.1, -0.05) is 127 Å². The Bertz CT molecular complexity index is 1630. The van der Waals surface area contributed by atoms with E-state index >= 15 is 0 Å². The molecule has 4 aromatic carbocycles. The van der Waals surface area contributed by atoms with Crippen LogP contribution in [0.15, 0.2) is 84.9 Å². The zero-order chi connectivity index (χ0) is 36.3. The predicted octanol–water partition coefficient (Wildman–Crippen LogP) is 13.0. The summed E-state index contributed by atoms with van der Waals surface area (Å²) in [6.45, 7) is 7.17. The first-order valence-corrected chi connectivity index (χ1v) is 20.7. The molecule has 0 aromatic heterocycles. The van der Waals surface area contributed by atoms with Crippen molar-refractivity contribution in [2.24, 2.45) is 0 Å². The second-order valence-corrected chi connectivity index (χ2v) is 15.3. The van der Waals surface area contributed by atoms with E-state index in [4.69, 9.17) is 18.9 Å². The van der Waals surface area contributed by atoms with Gasteiger partial charge in [-0.05, 0) is 83.6 Å². The minimum atomic E-state index is -0.289. The average molecular weight is 717 g/mol. The number of fused-ring (bicyclic) bond motifs is 3. The molecule has 2 saturated heterocycles. The van der Waals surface area contributed by atoms with E-state index in [1.165, 1.54) is 112 Å². The monoisotopic (exact) mass is 716 g/mol. The zero-order valence-electron chi connectivity index (χ0n) is 32.1. The van der Waals surface area contributed by atoms with Crippen molar-refractivity contribution < 1.29 is 18.9 Å². The standard InChI is InChI=1S/C47H60N2O4/c1-3-5-7-9-11-13-25-47(26-14-12-10-8-6-4-2)43-33-39(48-37-19-15-17-35(31-37)45-50-27-28-51-45)21-23-41(43)42-24-22-40(34-44(42)47)49-38-20-16-18-36(32-38)46-52-29-30-53-46/h15-24,31-34,45-46,48-49H,3-14,25-30H2,1-2H3. The normalized spacial score (nSPS) is 16.6. The maximum absolute atomic E-state index is 5.81. The van der Waals surface area contributed by atoms with Crippen LogP contribution in [0.2, 0.25) is 0 Å². The van der Waals surface area contributed by atoms with Crippen LogP contribution in [0.5, 0.6) is 0 Å². The van der Waals surface area contributed by atoms with E-state index in [1.54, 1.807) is 0 Å². The maximum atomic E-state index is 5.81. The number of rotatable bonds is 20. The highest BCUT2D eigenvalue weighted by molar-refractivity contribution is 5.85. The lowest BCUT2D eigenvalue weighted by molar-refractivity contribution is -0.0442. The topological polar surface area (TPSA) is 61.0 Å². The van der Waals surface area contributed by atoms with E-state index in [1.807, 2.05) is 0 Å². The molecule has 0 radical (unpaired) electrons. The summed E-state index contributed by atoms with van der Waals surface area (Å²) in [6, 6.07) is 31.1. The molecule has 6 nitrogen and oxygen atoms in total. The fourth-order valence-electron chi connectivity index (χ4n) is 8.69. The third kappa shape index (κ3) is 9.17. The molecule has 6 heteroatoms. The summed E-state index contributed by atoms with van der Waals surface area (Å²) < 4.78 is 23.3. The van der Waals surface area contributed by atoms with Crippen LogP contribution in [0.1, 0.15) is 139 Å². The van der Waals surface area contributed by atoms with Gasteiger partial charge in [0.1, 0.15) is 0 Å². The second-order valence-electron chi connectivity index (χ2n) is 15.3. The molecule has 0 bridgehead atoms. The Morgan fingerprint density at radius 1 is 0.472 bits per heavy atom. The summed E-state index contributed by atoms with van der Waals surface area (Å²) >= 11 is 0. The third-order valence-electron chi connectivity index (χ3n) is 11.4. The van der Waals surface area contributed by atoms with Crippen molar-refractivity contribution in [1.29, 1.82) is 0 Å². The van der Waals surface area contributed by atoms with Gasteiger partial charge in [0, 0.05) is 39.3 Å². The van der Waals surface area contributed by atoms with E-state index in [0.29, 0.717) is 26.4 Å². The van der Waals surface area contributed by atoms with E-state index < -0.39 is 0 Å². The summed E-state index contributed by atoms with van der Waals surface area (Å²) in [6.07, 6.45) is 17.3. The number of anilines is 4. The molecule has 3 aliphatic rings. The molecule has 1 aliphatic carbocycles. The van der Waals surface area contributed by atoms with E-state index in [-0.39, 0.29) is 18.0 Å². The molecular weight excluding hydrogens is 657 g/mol. The van der Waals surface area contributed by atoms with E-state index in [9.17, 15) is 0 Å². The van der Waals surface area contributed by atoms with Crippen LogP contribution in [0.3, 0.4) is 0 Å². The van der Waals surface area contributed by atoms with Gasteiger partial charge in [0.2, 0.25) is 0 Å². The van der Waals surface area contributed by atoms with Gasteiger partial charge in [0.25, 0.3) is 0 Å². The number of hydrogen-bond acceptors (Lipinski definition) is 6. The summed E-state index contributed by atoms with van der Waals surface area (Å²) in [5, 5.41) is 7.54. The molecule has 0 saturated carbocycles. The first-order chi connectivity index (χ1) is 26.2. The quantitative estimate of drug-likeness (QED) is 0.0888. The maximum Gasteiger partial charge on any atom is 0.184 e. The Morgan fingerprint density at radius 2 is 0.868 bits per heavy atom. The summed E-state index contributed by atoms with van der Waals surface area (Å²) in [4.78, 5) is 0. The fourth-order valence-corrected chi connectivity index (χ4v) is 8.69. The third-order valence-corrected chi connectivity index (χ3v) is 11.4. The number of unbranched alkanes of at least 4 members (excludes halogenated alkanes) is 10. The van der Waals surface area contributed by atoms with Gasteiger partial charge in [-0.25, -0.2) is 0 Å². The molecule has 2 fully saturated rings. The molecule has 0 amide bonds. The van der Waals surface area contributed by atoms with Crippen molar-refractivity contribution in [3.8, 4) is 11.1 Å². The van der Waals surface area contributed by atoms with Crippen LogP contribution < -0.4 is 10.6 Å². The first kappa shape index (κ1) is 37.6. The number of hydrogen-bond donors (Lipinski definition) is 2. The Morgan fingerprint density at radius 3 is 1.30 bits per heavy atom. The highest BCUT2D eigenvalue weighted by Crippen LogP contribution is 2.55. The number of nitrogens with one attached hydrogen (secondary N) is 2. The summed E-state index contributed by atoms with van der Waals surface area (Å²) in [7, 11) is 0. The highest BCUT2D eigenvalue weighted by atomic mass is 16.7. The molecule has 2 heterocycles. The SMILES string of the molecule is CCCCCCCCC1(CCCCCCCC)c2cc(Nc3cccc(C4OCCO4)c3)ccc2-c2ccc(Nc3cccc(C4OCCO4)c3)cc21. The smallest absolute Gasteiger partial charge is 0.184 e. The van der Waals surface area contributed by atoms with Crippen molar-refractivity contribution in [2.45, 2.75) is 122 Å². The van der Waals surface area contributed by atoms with E-state index in [0.717, 1.165) is 33.9 Å². The predicted molar refractivity (Wildman–Crippen MR) is 217 cm³/mol. The van der Waals surface area contributed by atoms with Crippen molar-refractivity contribution in [2.75, 3.05) is 37.1 Å². The van der Waals surface area contributed by atoms with Crippen molar-refractivity contribution >= 4 is 22.7 Å². The number of ether oxygens (including phenoxy) is 4. The van der Waals surface area contributed by atoms with Crippen LogP contribution >= 0.6 is 0 Å². The lowest BCUT2D eigenvalue weighted by atomic mass is 9.70. The summed E-state index contributed by atoms with van der Waals surface area (Å²) in [5.74, 6) is 0. The van der Waals surface area contributed by atoms with Gasteiger partial charge in [-0.2, -0.15) is 0 Å². The molecule has 282 valence electrons. The second kappa shape index (κ2) is 18.6. The van der Waals surface area contributed by atoms with Gasteiger partial charge in [-0.3, -0.25) is 0 Å². The van der Waals surface area contributed by atoms with Crippen molar-refractivity contribution in [1.82, 2.24) is 0 Å². The van der Waals surface area contributed by atoms with Gasteiger partial charge < -0.3 is 29.6 Å². The van der Waals surface area contributed by atoms with Crippen LogP contribution in [0.25, 0.3) is 11.1 Å². The molecule has 2 aliphatic heterocycles. The first-order valence-electron chi connectivity index (χ1n) is 20.7.